The van der Waals surface area contributed by atoms with E-state index in [2.05, 4.69) is 50.9 Å². The number of anilines is 3. The Labute approximate surface area is 621 Å². The van der Waals surface area contributed by atoms with Gasteiger partial charge in [0.15, 0.2) is 11.6 Å². The van der Waals surface area contributed by atoms with Crippen molar-refractivity contribution >= 4 is 132 Å². The summed E-state index contributed by atoms with van der Waals surface area (Å²) in [5.41, 5.74) is 5.92. The number of hydrogen-bond acceptors (Lipinski definition) is 24. The van der Waals surface area contributed by atoms with Crippen LogP contribution in [0.3, 0.4) is 0 Å². The van der Waals surface area contributed by atoms with Crippen LogP contribution in [-0.2, 0) is 74.7 Å². The van der Waals surface area contributed by atoms with Crippen LogP contribution in [0.25, 0.3) is 5.57 Å². The number of carbonyl (C=O) groups is 2. The number of hydrogen-bond donors (Lipinski definition) is 3. The fourth-order valence-corrected chi connectivity index (χ4v) is 20.6. The van der Waals surface area contributed by atoms with E-state index in [0.717, 1.165) is 41.3 Å². The number of benzene rings is 4. The van der Waals surface area contributed by atoms with Gasteiger partial charge in [-0.1, -0.05) is 68.1 Å². The predicted octanol–water partition coefficient (Wildman–Crippen LogP) is 10.2. The number of aliphatic hydroxyl groups excluding tert-OH is 1. The zero-order chi connectivity index (χ0) is 73.1. The Morgan fingerprint density at radius 1 is 0.461 bits per heavy atom. The van der Waals surface area contributed by atoms with Crippen molar-refractivity contribution in [1.82, 2.24) is 22.5 Å². The van der Waals surface area contributed by atoms with Crippen LogP contribution in [0, 0.1) is 5.82 Å². The minimum absolute atomic E-state index is 0. The number of ketones is 2. The van der Waals surface area contributed by atoms with Gasteiger partial charge < -0.3 is 30.2 Å². The number of sulfonamides is 4. The molecule has 0 aliphatic carbocycles. The number of aliphatic hydroxyl groups is 2. The maximum absolute atomic E-state index is 12.5. The van der Waals surface area contributed by atoms with Gasteiger partial charge in [0, 0.05) is 133 Å². The van der Waals surface area contributed by atoms with E-state index in [-0.39, 0.29) is 43.8 Å². The number of halogens is 2. The van der Waals surface area contributed by atoms with E-state index in [1.807, 2.05) is 43.3 Å². The number of allylic oxidation sites excluding steroid dienone is 1. The third-order valence-corrected chi connectivity index (χ3v) is 29.0. The third kappa shape index (κ3) is 24.7. The molecule has 4 aromatic carbocycles. The molecule has 1 atom stereocenters. The summed E-state index contributed by atoms with van der Waals surface area (Å²) >= 11 is -1.02. The zero-order valence-electron chi connectivity index (χ0n) is 55.5. The predicted molar refractivity (Wildman–Crippen MR) is 396 cm³/mol. The molecule has 8 heterocycles. The van der Waals surface area contributed by atoms with Crippen molar-refractivity contribution in [1.29, 1.82) is 0 Å². The first-order valence-electron chi connectivity index (χ1n) is 31.0. The second kappa shape index (κ2) is 39.2. The Morgan fingerprint density at radius 2 is 0.716 bits per heavy atom. The number of piperazine rings is 4. The van der Waals surface area contributed by atoms with Crippen molar-refractivity contribution in [3.8, 4) is 0 Å². The summed E-state index contributed by atoms with van der Waals surface area (Å²) in [4.78, 5) is 28.4. The number of nitrogens with one attached hydrogen (secondary N) is 1. The number of Topliss-reactive ketones (excluding diaryl/α,β-unsaturated/α-hetero) is 2. The first kappa shape index (κ1) is 86.4. The minimum atomic E-state index is -6.06. The molecular weight excluding hydrogens is 1670 g/mol. The normalized spacial score (nSPS) is 16.2. The Hall–Kier alpha value is -6.26. The van der Waals surface area contributed by atoms with Crippen LogP contribution < -0.4 is 20.0 Å². The molecule has 558 valence electrons. The molecule has 1 unspecified atom stereocenters. The monoisotopic (exact) mass is 1760 g/mol. The van der Waals surface area contributed by atoms with Crippen LogP contribution in [0.5, 0.6) is 0 Å². The van der Waals surface area contributed by atoms with E-state index in [4.69, 9.17) is 14.2 Å². The fraction of sp³-hybridized carbons (Fsp3) is 0.343. The summed E-state index contributed by atoms with van der Waals surface area (Å²) in [7, 11) is -13.3. The van der Waals surface area contributed by atoms with E-state index in [0.29, 0.717) is 125 Å². The van der Waals surface area contributed by atoms with Crippen LogP contribution in [-0.4, -0.2) is 184 Å². The summed E-state index contributed by atoms with van der Waals surface area (Å²) in [5, 5.41) is 29.6. The quantitative estimate of drug-likeness (QED) is 0.0757. The molecule has 4 aromatic heterocycles. The summed E-state index contributed by atoms with van der Waals surface area (Å²) in [5.74, 6) is -0.312. The van der Waals surface area contributed by atoms with E-state index >= 15 is 0 Å². The van der Waals surface area contributed by atoms with Crippen LogP contribution >= 0.6 is 57.8 Å². The van der Waals surface area contributed by atoms with Gasteiger partial charge >= 0.3 is 29.0 Å². The average molecular weight is 1760 g/mol. The molecule has 102 heavy (non-hydrogen) atoms. The van der Waals surface area contributed by atoms with Gasteiger partial charge in [0.05, 0.1) is 6.61 Å². The molecule has 3 N–H and O–H groups in total. The molecule has 4 aliphatic heterocycles. The molecule has 4 aliphatic rings. The molecule has 24 nitrogen and oxygen atoms in total. The van der Waals surface area contributed by atoms with E-state index in [1.54, 1.807) is 105 Å². The molecule has 0 spiro atoms. The van der Waals surface area contributed by atoms with Gasteiger partial charge in [-0.3, -0.25) is 9.59 Å². The molecule has 0 amide bonds. The van der Waals surface area contributed by atoms with Crippen molar-refractivity contribution in [3.05, 3.63) is 202 Å². The molecule has 4 saturated heterocycles. The van der Waals surface area contributed by atoms with Crippen molar-refractivity contribution < 1.29 is 86.9 Å². The van der Waals surface area contributed by atoms with Crippen LogP contribution in [0.15, 0.2) is 191 Å². The Bertz CT molecular complexity index is 4510. The fourth-order valence-electron chi connectivity index (χ4n) is 10.3. The van der Waals surface area contributed by atoms with Crippen molar-refractivity contribution in [2.24, 2.45) is 0 Å². The second-order valence-electron chi connectivity index (χ2n) is 22.9. The molecular formula is C67H84ClFN8O16OsS8. The Kier molecular flexibility index (Phi) is 33.2. The Morgan fingerprint density at radius 3 is 0.961 bits per heavy atom. The van der Waals surface area contributed by atoms with Gasteiger partial charge in [0.25, 0.3) is 40.1 Å². The van der Waals surface area contributed by atoms with E-state index < -0.39 is 60.5 Å². The van der Waals surface area contributed by atoms with Crippen molar-refractivity contribution in [3.63, 3.8) is 0 Å². The summed E-state index contributed by atoms with van der Waals surface area (Å²) in [6.07, 6.45) is 0. The first-order chi connectivity index (χ1) is 47.2. The maximum atomic E-state index is 12.5. The van der Waals surface area contributed by atoms with Gasteiger partial charge in [-0.25, -0.2) is 38.1 Å². The number of thiophene rings is 4. The van der Waals surface area contributed by atoms with Gasteiger partial charge in [0.2, 0.25) is 0 Å². The average Bonchev–Trinajstić information content (AvgIpc) is 0.884. The van der Waals surface area contributed by atoms with Crippen molar-refractivity contribution in [2.45, 2.75) is 57.6 Å². The van der Waals surface area contributed by atoms with Gasteiger partial charge in [0.1, 0.15) is 28.3 Å². The summed E-state index contributed by atoms with van der Waals surface area (Å²) in [6, 6.07) is 42.2. The van der Waals surface area contributed by atoms with E-state index in [1.165, 1.54) is 85.1 Å². The molecule has 12 rings (SSSR count). The molecule has 0 bridgehead atoms. The molecule has 8 aromatic rings. The second-order valence-corrected chi connectivity index (χ2v) is 37.9. The molecule has 35 heteroatoms. The zero-order valence-corrected chi connectivity index (χ0v) is 65.4. The summed E-state index contributed by atoms with van der Waals surface area (Å²) < 4.78 is 154. The first-order valence-corrected chi connectivity index (χ1v) is 44.4. The van der Waals surface area contributed by atoms with Crippen LogP contribution in [0.1, 0.15) is 67.0 Å². The van der Waals surface area contributed by atoms with Crippen molar-refractivity contribution in [2.75, 3.05) is 126 Å². The Balaban J connectivity index is 0.000000230. The number of rotatable bonds is 16. The topological polar surface area (TPSA) is 314 Å². The number of nitrogens with zero attached hydrogens (tertiary/aromatic N) is 7. The van der Waals surface area contributed by atoms with Gasteiger partial charge in [-0.05, 0) is 157 Å². The SMILES string of the molecule is C.C=C(C)c1ccc(N2CCN(S(=O)(=O)c3cccs3)CC2)cc1.CC(=O)c1ccc(F)cc1.CC(=O)c1ccc(N2CCN(S(=O)(=O)c3cccs3)CC2)cc1.CC(O)(CO)c1ccc(N2CCN(S(=O)(=O)c3cccs3)CC2)cc1.Cl.O=S(=O)(c1cccs1)N1CCNCC1.[O]=[Os](=[O])(=[O])=[O]. The van der Waals surface area contributed by atoms with Gasteiger partial charge in [-0.2, -0.15) is 17.2 Å². The van der Waals surface area contributed by atoms with Gasteiger partial charge in [-0.15, -0.1) is 57.8 Å². The summed E-state index contributed by atoms with van der Waals surface area (Å²) in [6.45, 7) is 19.5. The molecule has 0 radical (unpaired) electrons. The van der Waals surface area contributed by atoms with Crippen LogP contribution in [0.2, 0.25) is 0 Å². The standard InChI is InChI=1S/C17H22N2O4S2.C17H20N2O2S2.C16H18N2O3S2.C8H7FO.C8H12N2O2S2.CH4.ClH.4O.Os/c1-17(21,13-20)14-4-6-15(7-5-14)18-8-10-19(11-9-18)25(22,23)16-3-2-12-24-16;1-14(2)15-5-7-16(8-6-15)18-9-11-19(12-10-18)23(20,21)17-4-3-13-22-17;1-13(19)14-4-6-15(7-5-14)17-8-10-18(11-9-17)23(20,21)16-3-2-12-22-16;1-6(10)7-2-4-8(9)5-3-7;11-14(12,8-2-1-7-13-8)10-5-3-9-4-6-10;;;;;;;/h2-7,12,20-21H,8-11,13H2,1H3;3-8,13H,1,9-12H2,2H3;2-7,12H,8-11H2,1H3;2-5H,1H3;1-2,7,9H,3-6H2;1H4;1H;;;;;. The third-order valence-electron chi connectivity index (χ3n) is 15.9. The number of carbonyl (C=O) groups excluding carboxylic acids is 2. The molecule has 4 fully saturated rings. The molecule has 0 saturated carbocycles. The van der Waals surface area contributed by atoms with E-state index in [9.17, 15) is 57.9 Å². The van der Waals surface area contributed by atoms with Crippen LogP contribution in [0.4, 0.5) is 21.5 Å².